The molecule has 0 aliphatic heterocycles. The zero-order chi connectivity index (χ0) is 24.6. The Morgan fingerprint density at radius 2 is 2.12 bits per heavy atom. The molecule has 3 aromatic heterocycles. The number of carbonyl (C=O) groups is 1. The number of carboxylic acids is 1. The number of aromatic amines is 1. The predicted molar refractivity (Wildman–Crippen MR) is 121 cm³/mol. The number of unbranched alkanes of at least 4 members (excludes halogenated alkanes) is 1. The first kappa shape index (κ1) is 26.1. The molecule has 0 amide bonds. The minimum absolute atomic E-state index is 0.0838. The van der Waals surface area contributed by atoms with Crippen molar-refractivity contribution in [2.45, 2.75) is 42.3 Å². The minimum Gasteiger partial charge on any atom is -0.480 e. The van der Waals surface area contributed by atoms with E-state index in [2.05, 4.69) is 24.9 Å². The van der Waals surface area contributed by atoms with Gasteiger partial charge in [-0.25, -0.2) is 19.2 Å². The highest BCUT2D eigenvalue weighted by atomic mass is 32.2. The third kappa shape index (κ3) is 7.47. The van der Waals surface area contributed by atoms with Crippen LogP contribution in [0.5, 0.6) is 0 Å². The molecule has 2 unspecified atom stereocenters. The van der Waals surface area contributed by atoms with Crippen molar-refractivity contribution in [1.29, 1.82) is 4.78 Å². The maximum absolute atomic E-state index is 11.5. The van der Waals surface area contributed by atoms with Crippen LogP contribution in [0.15, 0.2) is 29.0 Å². The van der Waals surface area contributed by atoms with Gasteiger partial charge >= 0.3 is 11.8 Å². The molecule has 0 aliphatic rings. The molecule has 0 fully saturated rings. The van der Waals surface area contributed by atoms with Crippen molar-refractivity contribution >= 4 is 44.4 Å². The van der Waals surface area contributed by atoms with Crippen molar-refractivity contribution in [2.24, 2.45) is 12.8 Å². The van der Waals surface area contributed by atoms with Gasteiger partial charge in [-0.15, -0.1) is 0 Å². The Balaban J connectivity index is 0.000000248. The summed E-state index contributed by atoms with van der Waals surface area (Å²) in [7, 11) is -0.927. The second kappa shape index (κ2) is 11.7. The summed E-state index contributed by atoms with van der Waals surface area (Å²) in [5, 5.41) is 20.3. The number of hydrogen-bond acceptors (Lipinski definition) is 11. The summed E-state index contributed by atoms with van der Waals surface area (Å²) in [5.74, 6) is -0.870. The maximum Gasteiger partial charge on any atom is 0.396 e. The summed E-state index contributed by atoms with van der Waals surface area (Å²) in [6, 6.07) is -0.997. The van der Waals surface area contributed by atoms with E-state index in [1.165, 1.54) is 19.0 Å². The number of nitrogens with zero attached hydrogens (tertiary/aromatic N) is 6. The largest absolute Gasteiger partial charge is 0.480 e. The molecule has 0 spiro atoms. The molecule has 3 rings (SSSR count). The quantitative estimate of drug-likeness (QED) is 0.179. The lowest BCUT2D eigenvalue weighted by atomic mass is 10.2. The SMILES string of the molecule is CCCCS(=N)(=O)CCC(N)C(=O)O.Cn1cnc([N+](=O)[O-])c1Sc1ncnc2nc[nH]c12. The number of nitrogens with two attached hydrogens (primary N) is 1. The Hall–Kier alpha value is -3.11. The van der Waals surface area contributed by atoms with E-state index >= 15 is 0 Å². The standard InChI is InChI=1S/C9H7N7O2S.C8H18N2O3S/c1-15-4-14-7(16(17)18)9(15)19-8-5-6(11-2-10-5)12-3-13-8;1-2-3-5-14(10,13)6-4-7(9)8(11)12/h2-4H,1H3,(H,10,11,12,13);7,10H,2-6,9H2,1H3,(H,11,12). The van der Waals surface area contributed by atoms with Crippen LogP contribution in [-0.2, 0) is 21.6 Å². The molecule has 5 N–H and O–H groups in total. The van der Waals surface area contributed by atoms with E-state index in [1.807, 2.05) is 6.92 Å². The van der Waals surface area contributed by atoms with Crippen molar-refractivity contribution in [2.75, 3.05) is 11.5 Å². The zero-order valence-electron chi connectivity index (χ0n) is 18.0. The average Bonchev–Trinajstić information content (AvgIpc) is 3.38. The fourth-order valence-corrected chi connectivity index (χ4v) is 5.02. The summed E-state index contributed by atoms with van der Waals surface area (Å²) in [6.07, 6.45) is 6.01. The van der Waals surface area contributed by atoms with Crippen LogP contribution in [0.4, 0.5) is 5.82 Å². The number of H-pyrrole nitrogens is 1. The highest BCUT2D eigenvalue weighted by molar-refractivity contribution is 7.99. The van der Waals surface area contributed by atoms with Crippen LogP contribution in [0.25, 0.3) is 11.2 Å². The molecule has 0 radical (unpaired) electrons. The maximum atomic E-state index is 11.5. The molecule has 0 aliphatic carbocycles. The van der Waals surface area contributed by atoms with E-state index < -0.39 is 26.7 Å². The molecule has 33 heavy (non-hydrogen) atoms. The number of hydrogen-bond donors (Lipinski definition) is 4. The number of aromatic nitrogens is 6. The average molecular weight is 500 g/mol. The van der Waals surface area contributed by atoms with E-state index in [9.17, 15) is 19.1 Å². The highest BCUT2D eigenvalue weighted by Gasteiger charge is 2.23. The number of imidazole rings is 2. The number of rotatable bonds is 10. The summed E-state index contributed by atoms with van der Waals surface area (Å²) in [5.41, 5.74) is 6.40. The molecule has 180 valence electrons. The van der Waals surface area contributed by atoms with Gasteiger partial charge in [-0.1, -0.05) is 13.3 Å². The Morgan fingerprint density at radius 1 is 1.39 bits per heavy atom. The first-order valence-corrected chi connectivity index (χ1v) is 12.5. The first-order chi connectivity index (χ1) is 15.6. The van der Waals surface area contributed by atoms with Crippen molar-refractivity contribution in [1.82, 2.24) is 29.5 Å². The summed E-state index contributed by atoms with van der Waals surface area (Å²) in [6.45, 7) is 1.96. The van der Waals surface area contributed by atoms with Gasteiger partial charge in [-0.3, -0.25) is 9.57 Å². The monoisotopic (exact) mass is 499 g/mol. The van der Waals surface area contributed by atoms with E-state index in [0.717, 1.165) is 24.6 Å². The van der Waals surface area contributed by atoms with E-state index in [1.54, 1.807) is 11.6 Å². The van der Waals surface area contributed by atoms with Crippen LogP contribution < -0.4 is 5.73 Å². The lowest BCUT2D eigenvalue weighted by Crippen LogP contribution is -2.32. The Labute approximate surface area is 193 Å². The molecular weight excluding hydrogens is 474 g/mol. The predicted octanol–water partition coefficient (Wildman–Crippen LogP) is 1.78. The second-order valence-corrected chi connectivity index (χ2v) is 10.3. The summed E-state index contributed by atoms with van der Waals surface area (Å²) < 4.78 is 20.5. The van der Waals surface area contributed by atoms with E-state index in [4.69, 9.17) is 15.6 Å². The zero-order valence-corrected chi connectivity index (χ0v) is 19.6. The van der Waals surface area contributed by atoms with Crippen LogP contribution in [0.2, 0.25) is 0 Å². The molecule has 0 saturated heterocycles. The lowest BCUT2D eigenvalue weighted by molar-refractivity contribution is -0.392. The number of nitro groups is 1. The van der Waals surface area contributed by atoms with Crippen molar-refractivity contribution in [3.05, 3.63) is 29.1 Å². The Bertz CT molecular complexity index is 1210. The fourth-order valence-electron chi connectivity index (χ4n) is 2.48. The van der Waals surface area contributed by atoms with Crippen molar-refractivity contribution in [3.8, 4) is 0 Å². The van der Waals surface area contributed by atoms with Gasteiger partial charge in [0.15, 0.2) is 10.7 Å². The van der Waals surface area contributed by atoms with Gasteiger partial charge in [0, 0.05) is 28.3 Å². The van der Waals surface area contributed by atoms with Gasteiger partial charge < -0.3 is 30.5 Å². The number of carboxylic acid groups (broad SMARTS) is 1. The second-order valence-electron chi connectivity index (χ2n) is 6.93. The third-order valence-electron chi connectivity index (χ3n) is 4.32. The Kier molecular flexibility index (Phi) is 9.24. The number of fused-ring (bicyclic) bond motifs is 1. The Morgan fingerprint density at radius 3 is 2.76 bits per heavy atom. The third-order valence-corrected chi connectivity index (χ3v) is 7.33. The van der Waals surface area contributed by atoms with Gasteiger partial charge in [0.2, 0.25) is 6.33 Å². The van der Waals surface area contributed by atoms with Crippen LogP contribution in [0.3, 0.4) is 0 Å². The van der Waals surface area contributed by atoms with Gasteiger partial charge in [-0.05, 0) is 34.5 Å². The van der Waals surface area contributed by atoms with Crippen LogP contribution in [-0.4, -0.2) is 67.2 Å². The molecule has 3 heterocycles. The van der Waals surface area contributed by atoms with Gasteiger partial charge in [-0.2, -0.15) is 0 Å². The number of aryl methyl sites for hydroxylation is 1. The topological polar surface area (TPSA) is 220 Å². The smallest absolute Gasteiger partial charge is 0.396 e. The molecule has 16 heteroatoms. The first-order valence-electron chi connectivity index (χ1n) is 9.76. The molecule has 0 aromatic carbocycles. The number of nitrogens with one attached hydrogen (secondary N) is 2. The van der Waals surface area contributed by atoms with Crippen LogP contribution in [0, 0.1) is 14.9 Å². The normalized spacial score (nSPS) is 13.7. The van der Waals surface area contributed by atoms with E-state index in [0.29, 0.717) is 27.0 Å². The minimum atomic E-state index is -2.62. The van der Waals surface area contributed by atoms with Crippen molar-refractivity contribution in [3.63, 3.8) is 0 Å². The molecule has 2 atom stereocenters. The van der Waals surface area contributed by atoms with E-state index in [-0.39, 0.29) is 18.0 Å². The molecular formula is C17H25N9O5S2. The summed E-state index contributed by atoms with van der Waals surface area (Å²) >= 11 is 1.15. The van der Waals surface area contributed by atoms with Gasteiger partial charge in [0.05, 0.1) is 6.33 Å². The molecule has 3 aromatic rings. The lowest BCUT2D eigenvalue weighted by Gasteiger charge is -2.08. The molecule has 14 nitrogen and oxygen atoms in total. The molecule has 0 saturated carbocycles. The molecule has 0 bridgehead atoms. The van der Waals surface area contributed by atoms with Crippen LogP contribution >= 0.6 is 11.8 Å². The highest BCUT2D eigenvalue weighted by Crippen LogP contribution is 2.34. The van der Waals surface area contributed by atoms with Crippen molar-refractivity contribution < 1.29 is 19.0 Å². The van der Waals surface area contributed by atoms with Gasteiger partial charge in [0.25, 0.3) is 0 Å². The summed E-state index contributed by atoms with van der Waals surface area (Å²) in [4.78, 5) is 39.5. The fraction of sp³-hybridized carbons (Fsp3) is 0.471. The van der Waals surface area contributed by atoms with Crippen LogP contribution in [0.1, 0.15) is 26.2 Å². The van der Waals surface area contributed by atoms with Gasteiger partial charge in [0.1, 0.15) is 22.9 Å². The number of aliphatic carboxylic acids is 1.